The lowest BCUT2D eigenvalue weighted by molar-refractivity contribution is -0.147. The molecule has 1 aromatic heterocycles. The summed E-state index contributed by atoms with van der Waals surface area (Å²) in [6.07, 6.45) is 4.56. The Hall–Kier alpha value is -2.02. The van der Waals surface area contributed by atoms with Gasteiger partial charge in [0.15, 0.2) is 0 Å². The third-order valence-corrected chi connectivity index (χ3v) is 9.01. The zero-order chi connectivity index (χ0) is 21.2. The third kappa shape index (κ3) is 2.39. The molecule has 1 amide bonds. The van der Waals surface area contributed by atoms with E-state index in [1.807, 2.05) is 13.8 Å². The van der Waals surface area contributed by atoms with Crippen LogP contribution >= 0.6 is 11.3 Å². The maximum absolute atomic E-state index is 13.5. The van der Waals surface area contributed by atoms with Crippen LogP contribution in [0.15, 0.2) is 0 Å². The molecule has 2 unspecified atom stereocenters. The van der Waals surface area contributed by atoms with Crippen LogP contribution in [0.5, 0.6) is 0 Å². The molecule has 0 spiro atoms. The summed E-state index contributed by atoms with van der Waals surface area (Å²) in [5.74, 6) is -1.94. The molecule has 0 aliphatic heterocycles. The summed E-state index contributed by atoms with van der Waals surface area (Å²) < 4.78 is 5.25. The highest BCUT2D eigenvalue weighted by atomic mass is 32.1. The maximum atomic E-state index is 13.5. The molecule has 29 heavy (non-hydrogen) atoms. The van der Waals surface area contributed by atoms with Crippen LogP contribution in [-0.4, -0.2) is 30.0 Å². The van der Waals surface area contributed by atoms with Crippen LogP contribution in [-0.2, 0) is 32.0 Å². The summed E-state index contributed by atoms with van der Waals surface area (Å²) in [7, 11) is 0. The van der Waals surface area contributed by atoms with Gasteiger partial charge in [0.05, 0.1) is 12.2 Å². The summed E-state index contributed by atoms with van der Waals surface area (Å²) in [5, 5.41) is 3.35. The topological polar surface area (TPSA) is 89.5 Å². The van der Waals surface area contributed by atoms with Crippen molar-refractivity contribution in [1.29, 1.82) is 0 Å². The normalized spacial score (nSPS) is 29.7. The van der Waals surface area contributed by atoms with Crippen molar-refractivity contribution in [2.45, 2.75) is 66.2 Å². The minimum atomic E-state index is -1.38. The molecule has 7 heteroatoms. The van der Waals surface area contributed by atoms with E-state index >= 15 is 0 Å². The summed E-state index contributed by atoms with van der Waals surface area (Å²) in [6, 6.07) is 0. The molecule has 6 nitrogen and oxygen atoms in total. The summed E-state index contributed by atoms with van der Waals surface area (Å²) in [5.41, 5.74) is -1.60. The molecular weight excluding hydrogens is 390 g/mol. The fourth-order valence-corrected chi connectivity index (χ4v) is 6.83. The molecule has 0 saturated heterocycles. The van der Waals surface area contributed by atoms with E-state index in [2.05, 4.69) is 5.32 Å². The lowest BCUT2D eigenvalue weighted by atomic mass is 9.64. The molecule has 4 rings (SSSR count). The van der Waals surface area contributed by atoms with Crippen molar-refractivity contribution in [3.05, 3.63) is 16.0 Å². The van der Waals surface area contributed by atoms with Crippen molar-refractivity contribution in [2.24, 2.45) is 16.2 Å². The van der Waals surface area contributed by atoms with Crippen molar-refractivity contribution in [1.82, 2.24) is 0 Å². The molecule has 2 atom stereocenters. The number of carbonyl (C=O) groups excluding carboxylic acids is 4. The van der Waals surface area contributed by atoms with Gasteiger partial charge >= 0.3 is 5.97 Å². The second-order valence-electron chi connectivity index (χ2n) is 9.11. The van der Waals surface area contributed by atoms with Gasteiger partial charge in [0, 0.05) is 10.3 Å². The number of esters is 1. The van der Waals surface area contributed by atoms with Crippen LogP contribution in [0.2, 0.25) is 0 Å². The summed E-state index contributed by atoms with van der Waals surface area (Å²) >= 11 is 1.40. The SMILES string of the molecule is CCOC(=O)c1c(NC(=O)C23CCC(C)(C(=O)C2=O)C3(C)C)sc2c1CCCC2. The van der Waals surface area contributed by atoms with Crippen LogP contribution in [0.25, 0.3) is 0 Å². The Bertz CT molecular complexity index is 945. The molecule has 0 aromatic carbocycles. The molecule has 2 fully saturated rings. The number of hydrogen-bond donors (Lipinski definition) is 1. The molecule has 3 aliphatic rings. The van der Waals surface area contributed by atoms with Crippen molar-refractivity contribution < 1.29 is 23.9 Å². The minimum Gasteiger partial charge on any atom is -0.462 e. The fraction of sp³-hybridized carbons (Fsp3) is 0.636. The Morgan fingerprint density at radius 1 is 1.07 bits per heavy atom. The first-order valence-corrected chi connectivity index (χ1v) is 11.2. The van der Waals surface area contributed by atoms with E-state index in [4.69, 9.17) is 4.74 Å². The fourth-order valence-electron chi connectivity index (χ4n) is 5.56. The zero-order valence-corrected chi connectivity index (χ0v) is 18.2. The summed E-state index contributed by atoms with van der Waals surface area (Å²) in [6.45, 7) is 7.48. The first kappa shape index (κ1) is 20.3. The Balaban J connectivity index is 1.75. The molecule has 0 radical (unpaired) electrons. The number of ether oxygens (including phenoxy) is 1. The van der Waals surface area contributed by atoms with Gasteiger partial charge in [0.2, 0.25) is 17.5 Å². The molecule has 1 N–H and O–H groups in total. The highest BCUT2D eigenvalue weighted by Crippen LogP contribution is 2.69. The van der Waals surface area contributed by atoms with Gasteiger partial charge in [-0.1, -0.05) is 20.8 Å². The number of ketones is 2. The van der Waals surface area contributed by atoms with E-state index in [1.165, 1.54) is 11.3 Å². The van der Waals surface area contributed by atoms with Crippen LogP contribution in [0.1, 0.15) is 74.2 Å². The molecule has 1 heterocycles. The predicted octanol–water partition coefficient (Wildman–Crippen LogP) is 3.71. The van der Waals surface area contributed by atoms with E-state index in [-0.39, 0.29) is 6.61 Å². The second kappa shape index (κ2) is 6.49. The van der Waals surface area contributed by atoms with E-state index < -0.39 is 39.7 Å². The number of anilines is 1. The number of aryl methyl sites for hydroxylation is 1. The van der Waals surface area contributed by atoms with Crippen molar-refractivity contribution >= 4 is 39.8 Å². The Labute approximate surface area is 174 Å². The number of nitrogens with one attached hydrogen (secondary N) is 1. The molecule has 2 saturated carbocycles. The van der Waals surface area contributed by atoms with Crippen LogP contribution < -0.4 is 5.32 Å². The van der Waals surface area contributed by atoms with Crippen molar-refractivity contribution in [3.8, 4) is 0 Å². The highest BCUT2D eigenvalue weighted by molar-refractivity contribution is 7.17. The van der Waals surface area contributed by atoms with E-state index in [0.29, 0.717) is 23.4 Å². The Morgan fingerprint density at radius 3 is 2.38 bits per heavy atom. The van der Waals surface area contributed by atoms with Crippen LogP contribution in [0.4, 0.5) is 5.00 Å². The number of carbonyl (C=O) groups is 4. The van der Waals surface area contributed by atoms with Gasteiger partial charge in [-0.3, -0.25) is 14.4 Å². The number of thiophene rings is 1. The van der Waals surface area contributed by atoms with Gasteiger partial charge in [-0.15, -0.1) is 11.3 Å². The average molecular weight is 418 g/mol. The number of amides is 1. The Kier molecular flexibility index (Phi) is 4.53. The highest BCUT2D eigenvalue weighted by Gasteiger charge is 2.77. The summed E-state index contributed by atoms with van der Waals surface area (Å²) in [4.78, 5) is 52.9. The second-order valence-corrected chi connectivity index (χ2v) is 10.2. The molecule has 2 bridgehead atoms. The first-order chi connectivity index (χ1) is 13.6. The van der Waals surface area contributed by atoms with E-state index in [0.717, 1.165) is 36.1 Å². The third-order valence-electron chi connectivity index (χ3n) is 7.81. The molecule has 156 valence electrons. The van der Waals surface area contributed by atoms with Gasteiger partial charge in [-0.05, 0) is 56.4 Å². The van der Waals surface area contributed by atoms with E-state index in [9.17, 15) is 19.2 Å². The number of Topliss-reactive ketones (excluding diaryl/α,β-unsaturated/α-hetero) is 2. The smallest absolute Gasteiger partial charge is 0.341 e. The standard InChI is InChI=1S/C22H27NO5S/c1-5-28-18(26)14-12-8-6-7-9-13(12)29-17(14)23-19(27)22-11-10-21(4,20(22,2)3)15(24)16(22)25/h5-11H2,1-4H3,(H,23,27). The van der Waals surface area contributed by atoms with Gasteiger partial charge in [0.25, 0.3) is 0 Å². The zero-order valence-electron chi connectivity index (χ0n) is 17.4. The molecule has 1 aromatic rings. The number of fused-ring (bicyclic) bond motifs is 3. The van der Waals surface area contributed by atoms with Gasteiger partial charge in [-0.25, -0.2) is 4.79 Å². The largest absolute Gasteiger partial charge is 0.462 e. The molecule has 3 aliphatic carbocycles. The maximum Gasteiger partial charge on any atom is 0.341 e. The van der Waals surface area contributed by atoms with Crippen LogP contribution in [0.3, 0.4) is 0 Å². The van der Waals surface area contributed by atoms with Gasteiger partial charge in [-0.2, -0.15) is 0 Å². The van der Waals surface area contributed by atoms with Crippen LogP contribution in [0, 0.1) is 16.2 Å². The number of hydrogen-bond acceptors (Lipinski definition) is 6. The Morgan fingerprint density at radius 2 is 1.76 bits per heavy atom. The van der Waals surface area contributed by atoms with E-state index in [1.54, 1.807) is 13.8 Å². The van der Waals surface area contributed by atoms with Gasteiger partial charge < -0.3 is 10.1 Å². The van der Waals surface area contributed by atoms with Gasteiger partial charge in [0.1, 0.15) is 10.4 Å². The van der Waals surface area contributed by atoms with Crippen molar-refractivity contribution in [2.75, 3.05) is 11.9 Å². The average Bonchev–Trinajstić information content (AvgIpc) is 3.17. The lowest BCUT2D eigenvalue weighted by Gasteiger charge is -2.37. The lowest BCUT2D eigenvalue weighted by Crippen LogP contribution is -2.47. The monoisotopic (exact) mass is 417 g/mol. The van der Waals surface area contributed by atoms with Crippen molar-refractivity contribution in [3.63, 3.8) is 0 Å². The number of rotatable bonds is 4. The first-order valence-electron chi connectivity index (χ1n) is 10.3. The predicted molar refractivity (Wildman–Crippen MR) is 109 cm³/mol. The quantitative estimate of drug-likeness (QED) is 0.458. The molecular formula is C22H27NO5S. The minimum absolute atomic E-state index is 0.249.